The lowest BCUT2D eigenvalue weighted by molar-refractivity contribution is 0.319. The zero-order valence-electron chi connectivity index (χ0n) is 9.44. The molecule has 0 spiro atoms. The van der Waals surface area contributed by atoms with E-state index in [2.05, 4.69) is 29.0 Å². The smallest absolute Gasteiger partial charge is 0.119 e. The van der Waals surface area contributed by atoms with Gasteiger partial charge in [-0.1, -0.05) is 19.1 Å². The molecular formula is C13H16N2O. The van der Waals surface area contributed by atoms with Gasteiger partial charge in [-0.25, -0.2) is 4.98 Å². The van der Waals surface area contributed by atoms with Gasteiger partial charge >= 0.3 is 0 Å². The van der Waals surface area contributed by atoms with Crippen LogP contribution in [0.4, 0.5) is 0 Å². The largest absolute Gasteiger partial charge is 0.493 e. The van der Waals surface area contributed by atoms with Gasteiger partial charge in [-0.2, -0.15) is 0 Å². The van der Waals surface area contributed by atoms with Crippen molar-refractivity contribution in [3.63, 3.8) is 0 Å². The van der Waals surface area contributed by atoms with Crippen LogP contribution in [-0.4, -0.2) is 16.6 Å². The molecule has 0 unspecified atom stereocenters. The van der Waals surface area contributed by atoms with Gasteiger partial charge in [-0.15, -0.1) is 0 Å². The zero-order chi connectivity index (χ0) is 11.2. The summed E-state index contributed by atoms with van der Waals surface area (Å²) in [4.78, 5) is 7.19. The number of H-pyrrole nitrogens is 1. The van der Waals surface area contributed by atoms with E-state index in [1.807, 2.05) is 18.3 Å². The summed E-state index contributed by atoms with van der Waals surface area (Å²) in [6, 6.07) is 8.23. The van der Waals surface area contributed by atoms with E-state index in [-0.39, 0.29) is 0 Å². The maximum Gasteiger partial charge on any atom is 0.119 e. The van der Waals surface area contributed by atoms with Crippen LogP contribution in [0.2, 0.25) is 0 Å². The minimum atomic E-state index is 0.652. The summed E-state index contributed by atoms with van der Waals surface area (Å²) in [5.74, 6) is 1.88. The fourth-order valence-corrected chi connectivity index (χ4v) is 1.52. The molecule has 0 atom stereocenters. The molecule has 84 valence electrons. The first kappa shape index (κ1) is 10.7. The highest BCUT2D eigenvalue weighted by atomic mass is 16.5. The van der Waals surface area contributed by atoms with Crippen molar-refractivity contribution in [2.24, 2.45) is 0 Å². The van der Waals surface area contributed by atoms with Gasteiger partial charge in [-0.05, 0) is 24.1 Å². The van der Waals surface area contributed by atoms with Crippen LogP contribution in [-0.2, 0) is 12.8 Å². The maximum atomic E-state index is 5.62. The van der Waals surface area contributed by atoms with E-state index in [1.54, 1.807) is 6.20 Å². The van der Waals surface area contributed by atoms with Crippen molar-refractivity contribution in [3.05, 3.63) is 48.0 Å². The standard InChI is InChI=1S/C13H16N2O/c1-2-11-3-5-12(6-4-11)16-10-7-13-14-8-9-15-13/h3-6,8-9H,2,7,10H2,1H3,(H,14,15). The van der Waals surface area contributed by atoms with E-state index in [9.17, 15) is 0 Å². The average molecular weight is 216 g/mol. The topological polar surface area (TPSA) is 37.9 Å². The number of aromatic amines is 1. The molecule has 0 saturated heterocycles. The molecule has 1 aromatic heterocycles. The van der Waals surface area contributed by atoms with Crippen molar-refractivity contribution in [2.75, 3.05) is 6.61 Å². The van der Waals surface area contributed by atoms with Gasteiger partial charge in [0.2, 0.25) is 0 Å². The molecule has 0 fully saturated rings. The minimum absolute atomic E-state index is 0.652. The molecule has 2 rings (SSSR count). The van der Waals surface area contributed by atoms with E-state index in [1.165, 1.54) is 5.56 Å². The summed E-state index contributed by atoms with van der Waals surface area (Å²) < 4.78 is 5.62. The third kappa shape index (κ3) is 2.86. The van der Waals surface area contributed by atoms with Crippen LogP contribution in [0.25, 0.3) is 0 Å². The van der Waals surface area contributed by atoms with Gasteiger partial charge in [0, 0.05) is 18.8 Å². The molecule has 0 aliphatic rings. The molecule has 2 aromatic rings. The van der Waals surface area contributed by atoms with Crippen molar-refractivity contribution in [1.29, 1.82) is 0 Å². The highest BCUT2D eigenvalue weighted by Gasteiger charge is 1.97. The predicted octanol–water partition coefficient (Wildman–Crippen LogP) is 2.59. The molecule has 0 saturated carbocycles. The number of rotatable bonds is 5. The number of aryl methyl sites for hydroxylation is 1. The number of imidazole rings is 1. The average Bonchev–Trinajstić information content (AvgIpc) is 2.83. The molecular weight excluding hydrogens is 200 g/mol. The van der Waals surface area contributed by atoms with Crippen LogP contribution in [0.3, 0.4) is 0 Å². The molecule has 3 heteroatoms. The van der Waals surface area contributed by atoms with E-state index in [4.69, 9.17) is 4.74 Å². The first-order chi connectivity index (χ1) is 7.88. The van der Waals surface area contributed by atoms with Gasteiger partial charge in [0.1, 0.15) is 11.6 Å². The normalized spacial score (nSPS) is 10.3. The summed E-state index contributed by atoms with van der Waals surface area (Å²) in [5.41, 5.74) is 1.33. The Hall–Kier alpha value is -1.77. The molecule has 0 radical (unpaired) electrons. The fourth-order valence-electron chi connectivity index (χ4n) is 1.52. The Labute approximate surface area is 95.5 Å². The SMILES string of the molecule is CCc1ccc(OCCc2ncc[nH]2)cc1. The summed E-state index contributed by atoms with van der Waals surface area (Å²) in [5, 5.41) is 0. The number of hydrogen-bond donors (Lipinski definition) is 1. The van der Waals surface area contributed by atoms with Crippen molar-refractivity contribution < 1.29 is 4.74 Å². The molecule has 0 aliphatic heterocycles. The Bertz CT molecular complexity index is 406. The second-order valence-corrected chi connectivity index (χ2v) is 3.63. The summed E-state index contributed by atoms with van der Waals surface area (Å²) in [6.07, 6.45) is 5.45. The molecule has 0 bridgehead atoms. The zero-order valence-corrected chi connectivity index (χ0v) is 9.44. The third-order valence-electron chi connectivity index (χ3n) is 2.49. The van der Waals surface area contributed by atoms with Crippen molar-refractivity contribution in [3.8, 4) is 5.75 Å². The summed E-state index contributed by atoms with van der Waals surface area (Å²) in [6.45, 7) is 2.80. The molecule has 0 amide bonds. The Kier molecular flexibility index (Phi) is 3.59. The number of ether oxygens (including phenoxy) is 1. The van der Waals surface area contributed by atoms with E-state index < -0.39 is 0 Å². The Morgan fingerprint density at radius 3 is 2.69 bits per heavy atom. The summed E-state index contributed by atoms with van der Waals surface area (Å²) >= 11 is 0. The molecule has 1 aromatic carbocycles. The minimum Gasteiger partial charge on any atom is -0.493 e. The second-order valence-electron chi connectivity index (χ2n) is 3.63. The molecule has 1 heterocycles. The molecule has 1 N–H and O–H groups in total. The van der Waals surface area contributed by atoms with Crippen molar-refractivity contribution in [2.45, 2.75) is 19.8 Å². The first-order valence-corrected chi connectivity index (χ1v) is 5.58. The highest BCUT2D eigenvalue weighted by Crippen LogP contribution is 2.12. The Balaban J connectivity index is 1.81. The number of nitrogens with one attached hydrogen (secondary N) is 1. The van der Waals surface area contributed by atoms with Crippen molar-refractivity contribution >= 4 is 0 Å². The maximum absolute atomic E-state index is 5.62. The lowest BCUT2D eigenvalue weighted by Gasteiger charge is -2.05. The van der Waals surface area contributed by atoms with Crippen LogP contribution in [0.5, 0.6) is 5.75 Å². The third-order valence-corrected chi connectivity index (χ3v) is 2.49. The lowest BCUT2D eigenvalue weighted by atomic mass is 10.2. The van der Waals surface area contributed by atoms with Crippen LogP contribution < -0.4 is 4.74 Å². The van der Waals surface area contributed by atoms with Gasteiger partial charge in [0.05, 0.1) is 6.61 Å². The monoisotopic (exact) mass is 216 g/mol. The van der Waals surface area contributed by atoms with E-state index >= 15 is 0 Å². The van der Waals surface area contributed by atoms with Crippen LogP contribution in [0, 0.1) is 0 Å². The van der Waals surface area contributed by atoms with Gasteiger partial charge < -0.3 is 9.72 Å². The Morgan fingerprint density at radius 1 is 1.25 bits per heavy atom. The quantitative estimate of drug-likeness (QED) is 0.834. The molecule has 3 nitrogen and oxygen atoms in total. The first-order valence-electron chi connectivity index (χ1n) is 5.58. The highest BCUT2D eigenvalue weighted by molar-refractivity contribution is 5.27. The molecule has 16 heavy (non-hydrogen) atoms. The van der Waals surface area contributed by atoms with Crippen LogP contribution in [0.15, 0.2) is 36.7 Å². The summed E-state index contributed by atoms with van der Waals surface area (Å²) in [7, 11) is 0. The van der Waals surface area contributed by atoms with E-state index in [0.29, 0.717) is 6.61 Å². The molecule has 0 aliphatic carbocycles. The van der Waals surface area contributed by atoms with Crippen LogP contribution >= 0.6 is 0 Å². The number of nitrogens with zero attached hydrogens (tertiary/aromatic N) is 1. The van der Waals surface area contributed by atoms with Gasteiger partial charge in [-0.3, -0.25) is 0 Å². The van der Waals surface area contributed by atoms with Gasteiger partial charge in [0.25, 0.3) is 0 Å². The lowest BCUT2D eigenvalue weighted by Crippen LogP contribution is -2.02. The number of hydrogen-bond acceptors (Lipinski definition) is 2. The van der Waals surface area contributed by atoms with Gasteiger partial charge in [0.15, 0.2) is 0 Å². The second kappa shape index (κ2) is 5.35. The predicted molar refractivity (Wildman–Crippen MR) is 63.6 cm³/mol. The van der Waals surface area contributed by atoms with Crippen molar-refractivity contribution in [1.82, 2.24) is 9.97 Å². The van der Waals surface area contributed by atoms with Crippen LogP contribution in [0.1, 0.15) is 18.3 Å². The number of aromatic nitrogens is 2. The fraction of sp³-hybridized carbons (Fsp3) is 0.308. The van der Waals surface area contributed by atoms with E-state index in [0.717, 1.165) is 24.4 Å². The Morgan fingerprint density at radius 2 is 2.06 bits per heavy atom. The number of benzene rings is 1.